The molecule has 2 aromatic carbocycles. The van der Waals surface area contributed by atoms with E-state index in [-0.39, 0.29) is 10.4 Å². The third-order valence-corrected chi connectivity index (χ3v) is 6.46. The summed E-state index contributed by atoms with van der Waals surface area (Å²) in [5, 5.41) is 7.46. The van der Waals surface area contributed by atoms with Crippen LogP contribution in [0, 0.1) is 0 Å². The highest BCUT2D eigenvalue weighted by molar-refractivity contribution is 7.89. The molecule has 0 unspecified atom stereocenters. The number of aromatic nitrogens is 2. The van der Waals surface area contributed by atoms with Gasteiger partial charge in [-0.25, -0.2) is 13.0 Å². The van der Waals surface area contributed by atoms with Gasteiger partial charge in [0.1, 0.15) is 16.2 Å². The van der Waals surface area contributed by atoms with E-state index in [1.54, 1.807) is 19.2 Å². The summed E-state index contributed by atoms with van der Waals surface area (Å²) in [6.45, 7) is 1.91. The van der Waals surface area contributed by atoms with E-state index in [1.165, 1.54) is 10.4 Å². The van der Waals surface area contributed by atoms with Gasteiger partial charge < -0.3 is 9.64 Å². The number of rotatable bonds is 4. The largest absolute Gasteiger partial charge is 0.495 e. The minimum atomic E-state index is -3.67. The summed E-state index contributed by atoms with van der Waals surface area (Å²) >= 11 is 0. The number of methoxy groups -OCH3 is 1. The number of benzene rings is 2. The molecule has 0 bridgehead atoms. The molecular weight excluding hydrogens is 356 g/mol. The van der Waals surface area contributed by atoms with Crippen LogP contribution >= 0.6 is 0 Å². The molecule has 2 heterocycles. The Morgan fingerprint density at radius 2 is 1.77 bits per heavy atom. The summed E-state index contributed by atoms with van der Waals surface area (Å²) in [7, 11) is -2.04. The molecule has 1 aliphatic rings. The van der Waals surface area contributed by atoms with Crippen LogP contribution in [0.1, 0.15) is 0 Å². The number of piperazine rings is 1. The van der Waals surface area contributed by atoms with Crippen molar-refractivity contribution in [1.82, 2.24) is 14.6 Å². The van der Waals surface area contributed by atoms with Crippen molar-refractivity contribution in [2.24, 2.45) is 0 Å². The molecule has 1 aliphatic heterocycles. The van der Waals surface area contributed by atoms with E-state index in [2.05, 4.69) is 19.8 Å². The van der Waals surface area contributed by atoms with Gasteiger partial charge in [-0.15, -0.1) is 0 Å². The van der Waals surface area contributed by atoms with Gasteiger partial charge in [0.15, 0.2) is 5.52 Å². The molecule has 0 amide bonds. The van der Waals surface area contributed by atoms with E-state index in [0.29, 0.717) is 31.7 Å². The molecule has 3 aromatic rings. The summed E-state index contributed by atoms with van der Waals surface area (Å²) in [6.07, 6.45) is 0. The van der Waals surface area contributed by atoms with Crippen LogP contribution in [0.2, 0.25) is 0 Å². The van der Waals surface area contributed by atoms with E-state index >= 15 is 0 Å². The molecular formula is C17H18N4O4S. The van der Waals surface area contributed by atoms with Crippen LogP contribution in [0.5, 0.6) is 5.75 Å². The first-order valence-electron chi connectivity index (χ1n) is 8.20. The van der Waals surface area contributed by atoms with E-state index in [9.17, 15) is 8.42 Å². The topological polar surface area (TPSA) is 88.8 Å². The lowest BCUT2D eigenvalue weighted by atomic mass is 10.2. The van der Waals surface area contributed by atoms with E-state index < -0.39 is 10.0 Å². The lowest BCUT2D eigenvalue weighted by Gasteiger charge is -2.35. The van der Waals surface area contributed by atoms with Crippen LogP contribution < -0.4 is 9.64 Å². The normalized spacial score (nSPS) is 16.1. The Morgan fingerprint density at radius 3 is 2.54 bits per heavy atom. The Bertz CT molecular complexity index is 1030. The fourth-order valence-corrected chi connectivity index (χ4v) is 4.75. The van der Waals surface area contributed by atoms with Gasteiger partial charge in [-0.3, -0.25) is 0 Å². The lowest BCUT2D eigenvalue weighted by molar-refractivity contribution is 0.315. The van der Waals surface area contributed by atoms with Crippen molar-refractivity contribution in [3.63, 3.8) is 0 Å². The fraction of sp³-hybridized carbons (Fsp3) is 0.294. The molecule has 136 valence electrons. The van der Waals surface area contributed by atoms with Crippen LogP contribution in [-0.4, -0.2) is 56.3 Å². The predicted molar refractivity (Wildman–Crippen MR) is 95.8 cm³/mol. The van der Waals surface area contributed by atoms with E-state index in [0.717, 1.165) is 11.4 Å². The number of hydrogen-bond donors (Lipinski definition) is 0. The minimum absolute atomic E-state index is 0.127. The van der Waals surface area contributed by atoms with Crippen molar-refractivity contribution < 1.29 is 17.8 Å². The van der Waals surface area contributed by atoms with Gasteiger partial charge in [0.05, 0.1) is 12.8 Å². The van der Waals surface area contributed by atoms with Gasteiger partial charge in [-0.1, -0.05) is 18.2 Å². The van der Waals surface area contributed by atoms with E-state index in [4.69, 9.17) is 4.74 Å². The second-order valence-electron chi connectivity index (χ2n) is 5.95. The van der Waals surface area contributed by atoms with Crippen molar-refractivity contribution in [1.29, 1.82) is 0 Å². The summed E-state index contributed by atoms with van der Waals surface area (Å²) in [5.41, 5.74) is 1.66. The molecule has 1 fully saturated rings. The quantitative estimate of drug-likeness (QED) is 0.687. The third kappa shape index (κ3) is 2.78. The van der Waals surface area contributed by atoms with Crippen molar-refractivity contribution in [3.8, 4) is 5.75 Å². The Hall–Kier alpha value is -2.65. The molecule has 0 N–H and O–H groups in total. The number of ether oxygens (including phenoxy) is 1. The number of anilines is 1. The SMILES string of the molecule is COc1ccccc1N1CCN(S(=O)(=O)c2cccc3nonc23)CC1. The summed E-state index contributed by atoms with van der Waals surface area (Å²) in [5.74, 6) is 0.780. The standard InChI is InChI=1S/C17H18N4O4S/c1-24-15-7-3-2-6-14(15)20-9-11-21(12-10-20)26(22,23)16-8-4-5-13-17(16)19-25-18-13/h2-8H,9-12H2,1H3. The highest BCUT2D eigenvalue weighted by atomic mass is 32.2. The van der Waals surface area contributed by atoms with Crippen LogP contribution in [-0.2, 0) is 10.0 Å². The number of fused-ring (bicyclic) bond motifs is 1. The predicted octanol–water partition coefficient (Wildman–Crippen LogP) is 1.74. The van der Waals surface area contributed by atoms with Gasteiger partial charge in [-0.05, 0) is 34.6 Å². The first-order chi connectivity index (χ1) is 12.6. The monoisotopic (exact) mass is 374 g/mol. The first-order valence-corrected chi connectivity index (χ1v) is 9.64. The highest BCUT2D eigenvalue weighted by Gasteiger charge is 2.31. The molecule has 0 saturated carbocycles. The Morgan fingerprint density at radius 1 is 1.00 bits per heavy atom. The maximum Gasteiger partial charge on any atom is 0.245 e. The molecule has 26 heavy (non-hydrogen) atoms. The molecule has 9 heteroatoms. The lowest BCUT2D eigenvalue weighted by Crippen LogP contribution is -2.48. The van der Waals surface area contributed by atoms with Gasteiger partial charge >= 0.3 is 0 Å². The molecule has 0 aliphatic carbocycles. The van der Waals surface area contributed by atoms with Crippen LogP contribution in [0.25, 0.3) is 11.0 Å². The zero-order valence-corrected chi connectivity index (χ0v) is 15.0. The van der Waals surface area contributed by atoms with Crippen LogP contribution in [0.3, 0.4) is 0 Å². The second-order valence-corrected chi connectivity index (χ2v) is 7.86. The molecule has 1 saturated heterocycles. The maximum absolute atomic E-state index is 13.0. The highest BCUT2D eigenvalue weighted by Crippen LogP contribution is 2.30. The Labute approximate surface area is 151 Å². The average Bonchev–Trinajstić information content (AvgIpc) is 3.16. The maximum atomic E-state index is 13.0. The summed E-state index contributed by atoms with van der Waals surface area (Å²) in [6, 6.07) is 12.6. The number of para-hydroxylation sites is 2. The summed E-state index contributed by atoms with van der Waals surface area (Å²) in [4.78, 5) is 2.25. The zero-order chi connectivity index (χ0) is 18.1. The Kier molecular flexibility index (Phi) is 4.25. The molecule has 0 radical (unpaired) electrons. The summed E-state index contributed by atoms with van der Waals surface area (Å²) < 4.78 is 37.6. The fourth-order valence-electron chi connectivity index (χ4n) is 3.19. The van der Waals surface area contributed by atoms with Crippen molar-refractivity contribution in [3.05, 3.63) is 42.5 Å². The van der Waals surface area contributed by atoms with E-state index in [1.807, 2.05) is 24.3 Å². The molecule has 0 spiro atoms. The third-order valence-electron chi connectivity index (χ3n) is 4.53. The van der Waals surface area contributed by atoms with Crippen molar-refractivity contribution >= 4 is 26.7 Å². The van der Waals surface area contributed by atoms with Crippen LogP contribution in [0.4, 0.5) is 5.69 Å². The Balaban J connectivity index is 1.57. The van der Waals surface area contributed by atoms with Gasteiger partial charge in [-0.2, -0.15) is 4.31 Å². The smallest absolute Gasteiger partial charge is 0.245 e. The second kappa shape index (κ2) is 6.58. The average molecular weight is 374 g/mol. The van der Waals surface area contributed by atoms with Gasteiger partial charge in [0.25, 0.3) is 0 Å². The minimum Gasteiger partial charge on any atom is -0.495 e. The van der Waals surface area contributed by atoms with Gasteiger partial charge in [0, 0.05) is 26.2 Å². The number of nitrogens with zero attached hydrogens (tertiary/aromatic N) is 4. The number of hydrogen-bond acceptors (Lipinski definition) is 7. The van der Waals surface area contributed by atoms with Crippen molar-refractivity contribution in [2.75, 3.05) is 38.2 Å². The molecule has 8 nitrogen and oxygen atoms in total. The molecule has 0 atom stereocenters. The number of sulfonamides is 1. The first kappa shape index (κ1) is 16.8. The zero-order valence-electron chi connectivity index (χ0n) is 14.2. The van der Waals surface area contributed by atoms with Crippen LogP contribution in [0.15, 0.2) is 52.0 Å². The van der Waals surface area contributed by atoms with Crippen molar-refractivity contribution in [2.45, 2.75) is 4.90 Å². The molecule has 4 rings (SSSR count). The molecule has 1 aromatic heterocycles. The van der Waals surface area contributed by atoms with Gasteiger partial charge in [0.2, 0.25) is 10.0 Å².